The molecule has 16 heavy (non-hydrogen) atoms. The van der Waals surface area contributed by atoms with Crippen LogP contribution in [0, 0.1) is 5.92 Å². The molecule has 4 heteroatoms. The van der Waals surface area contributed by atoms with Gasteiger partial charge in [-0.25, -0.2) is 9.79 Å². The number of rotatable bonds is 2. The monoisotopic (exact) mass is 225 g/mol. The lowest BCUT2D eigenvalue weighted by Gasteiger charge is -2.37. The number of aliphatic imine (C=N–C) groups is 1. The van der Waals surface area contributed by atoms with Crippen molar-refractivity contribution in [2.24, 2.45) is 10.9 Å². The maximum absolute atomic E-state index is 11.7. The Bertz CT molecular complexity index is 297. The molecule has 2 atom stereocenters. The molecule has 0 amide bonds. The first-order valence-corrected chi connectivity index (χ1v) is 5.96. The fourth-order valence-corrected chi connectivity index (χ4v) is 2.82. The van der Waals surface area contributed by atoms with E-state index in [1.54, 1.807) is 0 Å². The van der Waals surface area contributed by atoms with Crippen LogP contribution >= 0.6 is 0 Å². The SMILES string of the molecule is COC(=O)[C@H]1N=CO[C@]1(C)C1CCCCC1. The Hall–Kier alpha value is -1.06. The van der Waals surface area contributed by atoms with Gasteiger partial charge in [0, 0.05) is 5.92 Å². The molecule has 0 radical (unpaired) electrons. The van der Waals surface area contributed by atoms with E-state index in [0.717, 1.165) is 12.8 Å². The van der Waals surface area contributed by atoms with Gasteiger partial charge in [-0.05, 0) is 19.8 Å². The van der Waals surface area contributed by atoms with Gasteiger partial charge in [0.25, 0.3) is 0 Å². The van der Waals surface area contributed by atoms with Gasteiger partial charge in [-0.1, -0.05) is 19.3 Å². The molecule has 1 heterocycles. The maximum Gasteiger partial charge on any atom is 0.334 e. The van der Waals surface area contributed by atoms with Crippen LogP contribution in [0.5, 0.6) is 0 Å². The number of nitrogens with zero attached hydrogens (tertiary/aromatic N) is 1. The van der Waals surface area contributed by atoms with Gasteiger partial charge >= 0.3 is 5.97 Å². The normalized spacial score (nSPS) is 34.8. The molecule has 0 saturated heterocycles. The van der Waals surface area contributed by atoms with Crippen molar-refractivity contribution in [2.45, 2.75) is 50.7 Å². The van der Waals surface area contributed by atoms with Gasteiger partial charge in [0.2, 0.25) is 0 Å². The molecule has 0 spiro atoms. The number of hydrogen-bond donors (Lipinski definition) is 0. The Kier molecular flexibility index (Phi) is 3.17. The molecule has 0 N–H and O–H groups in total. The molecule has 0 unspecified atom stereocenters. The summed E-state index contributed by atoms with van der Waals surface area (Å²) >= 11 is 0. The van der Waals surface area contributed by atoms with Gasteiger partial charge in [-0.2, -0.15) is 0 Å². The molecule has 0 bridgehead atoms. The Labute approximate surface area is 96.0 Å². The number of ether oxygens (including phenoxy) is 2. The van der Waals surface area contributed by atoms with Crippen LogP contribution in [0.25, 0.3) is 0 Å². The second-order valence-electron chi connectivity index (χ2n) is 4.82. The molecule has 0 aromatic rings. The molecule has 0 aromatic carbocycles. The molecule has 4 nitrogen and oxygen atoms in total. The Morgan fingerprint density at radius 1 is 1.44 bits per heavy atom. The molecule has 1 aliphatic carbocycles. The predicted octanol–water partition coefficient (Wildman–Crippen LogP) is 1.93. The number of hydrogen-bond acceptors (Lipinski definition) is 4. The highest BCUT2D eigenvalue weighted by Gasteiger charge is 2.50. The van der Waals surface area contributed by atoms with E-state index in [0.29, 0.717) is 5.92 Å². The minimum absolute atomic E-state index is 0.290. The maximum atomic E-state index is 11.7. The first-order chi connectivity index (χ1) is 7.68. The number of carbonyl (C=O) groups is 1. The average molecular weight is 225 g/mol. The van der Waals surface area contributed by atoms with Crippen LogP contribution in [0.3, 0.4) is 0 Å². The van der Waals surface area contributed by atoms with Gasteiger partial charge in [0.1, 0.15) is 5.60 Å². The third kappa shape index (κ3) is 1.81. The number of methoxy groups -OCH3 is 1. The van der Waals surface area contributed by atoms with E-state index in [9.17, 15) is 4.79 Å². The molecule has 1 fully saturated rings. The summed E-state index contributed by atoms with van der Waals surface area (Å²) in [5.74, 6) is 0.120. The lowest BCUT2D eigenvalue weighted by Crippen LogP contribution is -2.49. The van der Waals surface area contributed by atoms with Gasteiger partial charge < -0.3 is 9.47 Å². The standard InChI is InChI=1S/C12H19NO3/c1-12(9-6-4-3-5-7-9)10(11(14)15-2)13-8-16-12/h8-10H,3-7H2,1-2H3/t10-,12-/m1/s1. The van der Waals surface area contributed by atoms with Crippen molar-refractivity contribution in [1.82, 2.24) is 0 Å². The van der Waals surface area contributed by atoms with E-state index >= 15 is 0 Å². The highest BCUT2D eigenvalue weighted by atomic mass is 16.5. The predicted molar refractivity (Wildman–Crippen MR) is 60.4 cm³/mol. The van der Waals surface area contributed by atoms with Crippen LogP contribution in [0.2, 0.25) is 0 Å². The summed E-state index contributed by atoms with van der Waals surface area (Å²) in [6.45, 7) is 1.98. The first-order valence-electron chi connectivity index (χ1n) is 5.96. The summed E-state index contributed by atoms with van der Waals surface area (Å²) < 4.78 is 10.4. The van der Waals surface area contributed by atoms with Crippen molar-refractivity contribution in [3.05, 3.63) is 0 Å². The van der Waals surface area contributed by atoms with Crippen molar-refractivity contribution >= 4 is 12.4 Å². The van der Waals surface area contributed by atoms with Crippen LogP contribution in [0.4, 0.5) is 0 Å². The van der Waals surface area contributed by atoms with Crippen molar-refractivity contribution in [2.75, 3.05) is 7.11 Å². The van der Waals surface area contributed by atoms with Crippen LogP contribution in [0.1, 0.15) is 39.0 Å². The summed E-state index contributed by atoms with van der Waals surface area (Å²) in [5, 5.41) is 0. The lowest BCUT2D eigenvalue weighted by molar-refractivity contribution is -0.148. The molecular formula is C12H19NO3. The van der Waals surface area contributed by atoms with E-state index < -0.39 is 11.6 Å². The van der Waals surface area contributed by atoms with E-state index in [-0.39, 0.29) is 5.97 Å². The minimum Gasteiger partial charge on any atom is -0.474 e. The molecule has 2 aliphatic rings. The zero-order valence-electron chi connectivity index (χ0n) is 9.94. The third-order valence-electron chi connectivity index (χ3n) is 3.90. The van der Waals surface area contributed by atoms with E-state index in [4.69, 9.17) is 9.47 Å². The topological polar surface area (TPSA) is 47.9 Å². The van der Waals surface area contributed by atoms with E-state index in [1.807, 2.05) is 6.92 Å². The lowest BCUT2D eigenvalue weighted by atomic mass is 9.74. The molecule has 1 saturated carbocycles. The second-order valence-corrected chi connectivity index (χ2v) is 4.82. The molecule has 0 aromatic heterocycles. The first kappa shape index (κ1) is 11.4. The Morgan fingerprint density at radius 2 is 2.12 bits per heavy atom. The Balaban J connectivity index is 2.13. The van der Waals surface area contributed by atoms with Crippen molar-refractivity contribution in [1.29, 1.82) is 0 Å². The molecular weight excluding hydrogens is 206 g/mol. The van der Waals surface area contributed by atoms with E-state index in [2.05, 4.69) is 4.99 Å². The summed E-state index contributed by atoms with van der Waals surface area (Å²) in [6, 6.07) is -0.486. The number of carbonyl (C=O) groups excluding carboxylic acids is 1. The fourth-order valence-electron chi connectivity index (χ4n) is 2.82. The van der Waals surface area contributed by atoms with E-state index in [1.165, 1.54) is 32.8 Å². The van der Waals surface area contributed by atoms with Crippen LogP contribution in [-0.4, -0.2) is 31.1 Å². The Morgan fingerprint density at radius 3 is 2.75 bits per heavy atom. The van der Waals surface area contributed by atoms with Crippen LogP contribution in [-0.2, 0) is 14.3 Å². The highest BCUT2D eigenvalue weighted by molar-refractivity contribution is 5.80. The summed E-state index contributed by atoms with van der Waals surface area (Å²) in [4.78, 5) is 15.8. The molecule has 90 valence electrons. The largest absolute Gasteiger partial charge is 0.474 e. The van der Waals surface area contributed by atoms with Gasteiger partial charge in [0.05, 0.1) is 7.11 Å². The van der Waals surface area contributed by atoms with Crippen LogP contribution < -0.4 is 0 Å². The van der Waals surface area contributed by atoms with Crippen molar-refractivity contribution in [3.8, 4) is 0 Å². The molecule has 2 rings (SSSR count). The summed E-state index contributed by atoms with van der Waals surface area (Å²) in [5.41, 5.74) is -0.493. The summed E-state index contributed by atoms with van der Waals surface area (Å²) in [6.07, 6.45) is 7.38. The van der Waals surface area contributed by atoms with Gasteiger partial charge in [-0.3, -0.25) is 0 Å². The average Bonchev–Trinajstić information content (AvgIpc) is 2.73. The van der Waals surface area contributed by atoms with Crippen molar-refractivity contribution in [3.63, 3.8) is 0 Å². The smallest absolute Gasteiger partial charge is 0.334 e. The minimum atomic E-state index is -0.493. The van der Waals surface area contributed by atoms with Gasteiger partial charge in [-0.15, -0.1) is 0 Å². The zero-order chi connectivity index (χ0) is 11.6. The fraction of sp³-hybridized carbons (Fsp3) is 0.833. The van der Waals surface area contributed by atoms with Crippen molar-refractivity contribution < 1.29 is 14.3 Å². The molecule has 1 aliphatic heterocycles. The summed E-state index contributed by atoms with van der Waals surface area (Å²) in [7, 11) is 1.40. The van der Waals surface area contributed by atoms with Crippen LogP contribution in [0.15, 0.2) is 4.99 Å². The van der Waals surface area contributed by atoms with Gasteiger partial charge in [0.15, 0.2) is 12.4 Å². The number of esters is 1. The third-order valence-corrected chi connectivity index (χ3v) is 3.90. The second kappa shape index (κ2) is 4.44. The highest BCUT2D eigenvalue weighted by Crippen LogP contribution is 2.40. The quantitative estimate of drug-likeness (QED) is 0.675. The zero-order valence-corrected chi connectivity index (χ0v) is 9.94.